The fourth-order valence-electron chi connectivity index (χ4n) is 2.41. The number of carbonyl (C=O) groups excluding carboxylic acids is 1. The van der Waals surface area contributed by atoms with E-state index in [4.69, 9.17) is 32.7 Å². The first-order valence-corrected chi connectivity index (χ1v) is 9.27. The lowest BCUT2D eigenvalue weighted by Crippen LogP contribution is -2.16. The fraction of sp³-hybridized carbons (Fsp3) is 0.316. The standard InChI is InChI=1S/C19H20Cl2FN3O3/c1-4-5-15(28-11(2)26)16(27-3)8-12-9-17(24-10-23-12)25-14-7-6-13(20)18(21)19(14)22/h6-8,10H,4-5,9H2,1-3H3,(H,23,24,25)/b12-8+,16-15-. The number of allylic oxidation sites excluding steroid dienone is 2. The van der Waals surface area contributed by atoms with Gasteiger partial charge in [0.1, 0.15) is 17.9 Å². The predicted molar refractivity (Wildman–Crippen MR) is 109 cm³/mol. The maximum atomic E-state index is 14.2. The highest BCUT2D eigenvalue weighted by Gasteiger charge is 2.16. The molecule has 0 saturated heterocycles. The van der Waals surface area contributed by atoms with E-state index in [1.807, 2.05) is 6.92 Å². The molecule has 6 nitrogen and oxygen atoms in total. The first kappa shape index (κ1) is 21.9. The van der Waals surface area contributed by atoms with Gasteiger partial charge in [-0.2, -0.15) is 0 Å². The van der Waals surface area contributed by atoms with Gasteiger partial charge in [0.05, 0.1) is 28.5 Å². The van der Waals surface area contributed by atoms with Crippen LogP contribution in [0, 0.1) is 5.82 Å². The average Bonchev–Trinajstić information content (AvgIpc) is 2.66. The number of hydrogen-bond donors (Lipinski definition) is 1. The van der Waals surface area contributed by atoms with E-state index in [-0.39, 0.29) is 22.2 Å². The highest BCUT2D eigenvalue weighted by atomic mass is 35.5. The SMILES string of the molecule is CCC/C(OC(C)=O)=C(\C=C1/CC(Nc2ccc(Cl)c(Cl)c2F)=NC=N1)OC. The van der Waals surface area contributed by atoms with E-state index in [2.05, 4.69) is 15.3 Å². The number of anilines is 1. The number of amidine groups is 1. The van der Waals surface area contributed by atoms with Gasteiger partial charge in [0, 0.05) is 25.8 Å². The van der Waals surface area contributed by atoms with Crippen LogP contribution in [0.5, 0.6) is 0 Å². The molecule has 2 rings (SSSR count). The molecule has 9 heteroatoms. The fourth-order valence-corrected chi connectivity index (χ4v) is 2.72. The zero-order valence-corrected chi connectivity index (χ0v) is 17.2. The van der Waals surface area contributed by atoms with Gasteiger partial charge >= 0.3 is 5.97 Å². The van der Waals surface area contributed by atoms with E-state index in [9.17, 15) is 9.18 Å². The van der Waals surface area contributed by atoms with Gasteiger partial charge in [-0.05, 0) is 18.6 Å². The number of nitrogens with one attached hydrogen (secondary N) is 1. The number of carbonyl (C=O) groups is 1. The summed E-state index contributed by atoms with van der Waals surface area (Å²) in [6, 6.07) is 2.97. The van der Waals surface area contributed by atoms with Crippen molar-refractivity contribution < 1.29 is 18.7 Å². The van der Waals surface area contributed by atoms with Crippen LogP contribution in [0.2, 0.25) is 10.0 Å². The van der Waals surface area contributed by atoms with Crippen LogP contribution in [0.25, 0.3) is 0 Å². The molecule has 0 fully saturated rings. The molecule has 1 heterocycles. The van der Waals surface area contributed by atoms with E-state index in [0.717, 1.165) is 6.42 Å². The number of benzene rings is 1. The molecule has 1 N–H and O–H groups in total. The summed E-state index contributed by atoms with van der Waals surface area (Å²) in [6.07, 6.45) is 4.58. The number of ether oxygens (including phenoxy) is 2. The summed E-state index contributed by atoms with van der Waals surface area (Å²) in [5.41, 5.74) is 0.743. The predicted octanol–water partition coefficient (Wildman–Crippen LogP) is 5.48. The molecule has 1 aliphatic heterocycles. The zero-order valence-electron chi connectivity index (χ0n) is 15.7. The van der Waals surface area contributed by atoms with Crippen molar-refractivity contribution >= 4 is 47.0 Å². The molecule has 0 unspecified atom stereocenters. The maximum absolute atomic E-state index is 14.2. The van der Waals surface area contributed by atoms with Crippen molar-refractivity contribution in [3.63, 3.8) is 0 Å². The van der Waals surface area contributed by atoms with Gasteiger partial charge in [-0.15, -0.1) is 0 Å². The van der Waals surface area contributed by atoms with Crippen molar-refractivity contribution in [1.29, 1.82) is 0 Å². The van der Waals surface area contributed by atoms with E-state index >= 15 is 0 Å². The lowest BCUT2D eigenvalue weighted by molar-refractivity contribution is -0.137. The van der Waals surface area contributed by atoms with Crippen LogP contribution in [0.3, 0.4) is 0 Å². The van der Waals surface area contributed by atoms with Crippen LogP contribution >= 0.6 is 23.2 Å². The average molecular weight is 428 g/mol. The molecule has 0 aromatic heterocycles. The normalized spacial score (nSPS) is 15.8. The monoisotopic (exact) mass is 427 g/mol. The summed E-state index contributed by atoms with van der Waals surface area (Å²) in [6.45, 7) is 3.29. The Bertz CT molecular complexity index is 879. The molecule has 0 atom stereocenters. The first-order chi connectivity index (χ1) is 13.3. The molecule has 0 aliphatic carbocycles. The second kappa shape index (κ2) is 10.2. The van der Waals surface area contributed by atoms with Crippen molar-refractivity contribution in [2.75, 3.05) is 12.4 Å². The van der Waals surface area contributed by atoms with E-state index in [1.165, 1.54) is 32.5 Å². The molecule has 0 amide bonds. The molecule has 0 radical (unpaired) electrons. The number of esters is 1. The molecular formula is C19H20Cl2FN3O3. The summed E-state index contributed by atoms with van der Waals surface area (Å²) in [4.78, 5) is 19.6. The minimum atomic E-state index is -0.664. The lowest BCUT2D eigenvalue weighted by Gasteiger charge is -2.15. The molecule has 1 aromatic carbocycles. The van der Waals surface area contributed by atoms with Crippen LogP contribution in [-0.2, 0) is 14.3 Å². The van der Waals surface area contributed by atoms with Crippen LogP contribution in [0.15, 0.2) is 45.4 Å². The van der Waals surface area contributed by atoms with Crippen molar-refractivity contribution in [2.24, 2.45) is 9.98 Å². The van der Waals surface area contributed by atoms with Crippen LogP contribution < -0.4 is 5.32 Å². The number of rotatable bonds is 6. The number of aliphatic imine (C=N–C) groups is 2. The van der Waals surface area contributed by atoms with Crippen molar-refractivity contribution in [3.05, 3.63) is 51.3 Å². The largest absolute Gasteiger partial charge is 0.493 e. The summed E-state index contributed by atoms with van der Waals surface area (Å²) < 4.78 is 24.8. The van der Waals surface area contributed by atoms with Gasteiger partial charge < -0.3 is 14.8 Å². The van der Waals surface area contributed by atoms with E-state index in [0.29, 0.717) is 29.5 Å². The number of methoxy groups -OCH3 is 1. The zero-order chi connectivity index (χ0) is 20.7. The summed E-state index contributed by atoms with van der Waals surface area (Å²) >= 11 is 11.6. The van der Waals surface area contributed by atoms with Crippen LogP contribution in [-0.4, -0.2) is 25.3 Å². The molecule has 1 aliphatic rings. The van der Waals surface area contributed by atoms with Crippen molar-refractivity contribution in [2.45, 2.75) is 33.1 Å². The Hall–Kier alpha value is -2.38. The Morgan fingerprint density at radius 3 is 2.79 bits per heavy atom. The van der Waals surface area contributed by atoms with Gasteiger partial charge in [-0.1, -0.05) is 30.1 Å². The molecule has 0 bridgehead atoms. The Labute approximate surface area is 172 Å². The third kappa shape index (κ3) is 5.81. The molecule has 0 spiro atoms. The second-order valence-corrected chi connectivity index (χ2v) is 6.60. The Morgan fingerprint density at radius 1 is 1.39 bits per heavy atom. The van der Waals surface area contributed by atoms with Gasteiger partial charge in [0.2, 0.25) is 0 Å². The van der Waals surface area contributed by atoms with Crippen LogP contribution in [0.4, 0.5) is 10.1 Å². The smallest absolute Gasteiger partial charge is 0.307 e. The molecule has 150 valence electrons. The van der Waals surface area contributed by atoms with E-state index < -0.39 is 11.8 Å². The summed E-state index contributed by atoms with van der Waals surface area (Å²) in [7, 11) is 1.48. The Morgan fingerprint density at radius 2 is 2.14 bits per heavy atom. The minimum absolute atomic E-state index is 0.126. The second-order valence-electron chi connectivity index (χ2n) is 5.82. The van der Waals surface area contributed by atoms with Gasteiger partial charge in [0.15, 0.2) is 11.6 Å². The summed E-state index contributed by atoms with van der Waals surface area (Å²) in [5, 5.41) is 2.84. The topological polar surface area (TPSA) is 72.3 Å². The maximum Gasteiger partial charge on any atom is 0.307 e. The molecular weight excluding hydrogens is 408 g/mol. The Balaban J connectivity index is 2.23. The Kier molecular flexibility index (Phi) is 8.02. The quantitative estimate of drug-likeness (QED) is 0.370. The van der Waals surface area contributed by atoms with Gasteiger partial charge in [-0.25, -0.2) is 14.4 Å². The number of hydrogen-bond acceptors (Lipinski definition) is 6. The van der Waals surface area contributed by atoms with Gasteiger partial charge in [-0.3, -0.25) is 4.79 Å². The summed E-state index contributed by atoms with van der Waals surface area (Å²) in [5.74, 6) is 0.183. The highest BCUT2D eigenvalue weighted by molar-refractivity contribution is 6.42. The van der Waals surface area contributed by atoms with Crippen molar-refractivity contribution in [3.8, 4) is 0 Å². The third-order valence-electron chi connectivity index (χ3n) is 3.64. The third-order valence-corrected chi connectivity index (χ3v) is 4.42. The minimum Gasteiger partial charge on any atom is -0.493 e. The lowest BCUT2D eigenvalue weighted by atomic mass is 10.2. The number of halogens is 3. The number of nitrogens with zero attached hydrogens (tertiary/aromatic N) is 2. The van der Waals surface area contributed by atoms with Crippen molar-refractivity contribution in [1.82, 2.24) is 0 Å². The van der Waals surface area contributed by atoms with E-state index in [1.54, 1.807) is 6.08 Å². The molecule has 0 saturated carbocycles. The first-order valence-electron chi connectivity index (χ1n) is 8.51. The van der Waals surface area contributed by atoms with Crippen LogP contribution in [0.1, 0.15) is 33.1 Å². The highest BCUT2D eigenvalue weighted by Crippen LogP contribution is 2.30. The van der Waals surface area contributed by atoms with Gasteiger partial charge in [0.25, 0.3) is 0 Å². The molecule has 1 aromatic rings. The molecule has 28 heavy (non-hydrogen) atoms.